The number of aliphatic hydroxyl groups excluding tert-OH is 4. The van der Waals surface area contributed by atoms with Gasteiger partial charge in [-0.3, -0.25) is 4.90 Å². The molecule has 160 valence electrons. The van der Waals surface area contributed by atoms with Crippen LogP contribution in [-0.2, 0) is 11.3 Å². The monoisotopic (exact) mass is 421 g/mol. The number of benzene rings is 1. The number of rotatable bonds is 10. The van der Waals surface area contributed by atoms with Crippen molar-refractivity contribution in [3.8, 4) is 11.1 Å². The molecule has 0 saturated carbocycles. The van der Waals surface area contributed by atoms with Gasteiger partial charge in [-0.15, -0.1) is 0 Å². The van der Waals surface area contributed by atoms with Crippen LogP contribution in [0.3, 0.4) is 0 Å². The molecule has 0 amide bonds. The molecule has 1 aromatic carbocycles. The topological polar surface area (TPSA) is 93.4 Å². The molecular formula is C22H31NO5S. The molecule has 29 heavy (non-hydrogen) atoms. The SMILES string of the molecule is OCC1C(O)C(O)C(O)CN1CCCCCOCc1ccc(-c2ccsc2)cc1. The van der Waals surface area contributed by atoms with Crippen LogP contribution in [0.4, 0.5) is 0 Å². The van der Waals surface area contributed by atoms with E-state index in [1.165, 1.54) is 11.1 Å². The van der Waals surface area contributed by atoms with Crippen LogP contribution >= 0.6 is 11.3 Å². The molecule has 0 spiro atoms. The highest BCUT2D eigenvalue weighted by Crippen LogP contribution is 2.22. The highest BCUT2D eigenvalue weighted by molar-refractivity contribution is 7.08. The van der Waals surface area contributed by atoms with E-state index in [1.54, 1.807) is 11.3 Å². The van der Waals surface area contributed by atoms with Crippen LogP contribution in [0.5, 0.6) is 0 Å². The predicted octanol–water partition coefficient (Wildman–Crippen LogP) is 1.86. The molecule has 2 heterocycles. The number of ether oxygens (including phenoxy) is 1. The van der Waals surface area contributed by atoms with Crippen molar-refractivity contribution in [2.45, 2.75) is 50.2 Å². The van der Waals surface area contributed by atoms with Crippen molar-refractivity contribution in [2.24, 2.45) is 0 Å². The standard InChI is InChI=1S/C22H31NO5S/c24-13-19-21(26)22(27)20(25)12-23(19)9-2-1-3-10-28-14-16-4-6-17(7-5-16)18-8-11-29-15-18/h4-8,11,15,19-22,24-27H,1-3,9-10,12-14H2. The number of hydrogen-bond donors (Lipinski definition) is 4. The molecule has 6 nitrogen and oxygen atoms in total. The van der Waals surface area contributed by atoms with Gasteiger partial charge >= 0.3 is 0 Å². The minimum absolute atomic E-state index is 0.237. The summed E-state index contributed by atoms with van der Waals surface area (Å²) in [7, 11) is 0. The molecule has 1 fully saturated rings. The lowest BCUT2D eigenvalue weighted by atomic mass is 9.94. The van der Waals surface area contributed by atoms with E-state index in [9.17, 15) is 20.4 Å². The Kier molecular flexibility index (Phi) is 8.62. The number of unbranched alkanes of at least 4 members (excludes halogenated alkanes) is 2. The lowest BCUT2D eigenvalue weighted by molar-refractivity contribution is -0.145. The largest absolute Gasteiger partial charge is 0.395 e. The van der Waals surface area contributed by atoms with Gasteiger partial charge < -0.3 is 25.2 Å². The van der Waals surface area contributed by atoms with Crippen molar-refractivity contribution in [3.63, 3.8) is 0 Å². The zero-order chi connectivity index (χ0) is 20.6. The average molecular weight is 422 g/mol. The Balaban J connectivity index is 1.30. The van der Waals surface area contributed by atoms with Crippen LogP contribution in [-0.4, -0.2) is 76.0 Å². The average Bonchev–Trinajstić information content (AvgIpc) is 3.27. The Morgan fingerprint density at radius 2 is 1.76 bits per heavy atom. The van der Waals surface area contributed by atoms with Crippen LogP contribution < -0.4 is 0 Å². The lowest BCUT2D eigenvalue weighted by Crippen LogP contribution is -2.62. The van der Waals surface area contributed by atoms with Gasteiger partial charge in [0, 0.05) is 13.2 Å². The maximum atomic E-state index is 10.00. The third kappa shape index (κ3) is 6.08. The first-order chi connectivity index (χ1) is 14.1. The van der Waals surface area contributed by atoms with Gasteiger partial charge in [0.05, 0.1) is 25.4 Å². The van der Waals surface area contributed by atoms with Crippen molar-refractivity contribution in [3.05, 3.63) is 46.7 Å². The molecule has 7 heteroatoms. The minimum atomic E-state index is -1.20. The Labute approximate surface area is 176 Å². The van der Waals surface area contributed by atoms with Gasteiger partial charge in [0.1, 0.15) is 12.2 Å². The summed E-state index contributed by atoms with van der Waals surface area (Å²) < 4.78 is 5.77. The highest BCUT2D eigenvalue weighted by atomic mass is 32.1. The fourth-order valence-corrected chi connectivity index (χ4v) is 4.41. The third-order valence-corrected chi connectivity index (χ3v) is 6.21. The van der Waals surface area contributed by atoms with E-state index >= 15 is 0 Å². The summed E-state index contributed by atoms with van der Waals surface area (Å²) >= 11 is 1.70. The van der Waals surface area contributed by atoms with E-state index in [2.05, 4.69) is 41.1 Å². The molecule has 4 atom stereocenters. The van der Waals surface area contributed by atoms with Gasteiger partial charge in [-0.25, -0.2) is 0 Å². The van der Waals surface area contributed by atoms with Gasteiger partial charge in [0.25, 0.3) is 0 Å². The molecule has 1 aromatic heterocycles. The molecule has 1 aliphatic rings. The minimum Gasteiger partial charge on any atom is -0.395 e. The summed E-state index contributed by atoms with van der Waals surface area (Å²) in [6.45, 7) is 1.97. The van der Waals surface area contributed by atoms with Crippen LogP contribution in [0.15, 0.2) is 41.1 Å². The maximum Gasteiger partial charge on any atom is 0.109 e. The van der Waals surface area contributed by atoms with Crippen molar-refractivity contribution in [2.75, 3.05) is 26.3 Å². The van der Waals surface area contributed by atoms with E-state index in [0.29, 0.717) is 19.8 Å². The molecule has 4 unspecified atom stereocenters. The first-order valence-electron chi connectivity index (χ1n) is 10.2. The van der Waals surface area contributed by atoms with Crippen LogP contribution in [0.1, 0.15) is 24.8 Å². The summed E-state index contributed by atoms with van der Waals surface area (Å²) in [4.78, 5) is 1.86. The fraction of sp³-hybridized carbons (Fsp3) is 0.545. The number of aliphatic hydroxyl groups is 4. The second-order valence-corrected chi connectivity index (χ2v) is 8.40. The van der Waals surface area contributed by atoms with Crippen LogP contribution in [0.25, 0.3) is 11.1 Å². The molecule has 0 radical (unpaired) electrons. The number of thiophene rings is 1. The molecule has 4 N–H and O–H groups in total. The van der Waals surface area contributed by atoms with E-state index in [-0.39, 0.29) is 13.2 Å². The van der Waals surface area contributed by atoms with Gasteiger partial charge in [0.15, 0.2) is 0 Å². The molecule has 0 bridgehead atoms. The quantitative estimate of drug-likeness (QED) is 0.438. The third-order valence-electron chi connectivity index (χ3n) is 5.53. The molecule has 2 aromatic rings. The number of nitrogens with zero attached hydrogens (tertiary/aromatic N) is 1. The molecule has 0 aliphatic carbocycles. The van der Waals surface area contributed by atoms with Gasteiger partial charge in [-0.05, 0) is 59.3 Å². The maximum absolute atomic E-state index is 10.00. The zero-order valence-electron chi connectivity index (χ0n) is 16.6. The van der Waals surface area contributed by atoms with Crippen molar-refractivity contribution in [1.82, 2.24) is 4.90 Å². The van der Waals surface area contributed by atoms with Crippen molar-refractivity contribution in [1.29, 1.82) is 0 Å². The number of β-amino-alcohol motifs (C(OH)–C–C–N with tert-alkyl or cyclic N) is 1. The first kappa shape index (κ1) is 22.4. The van der Waals surface area contributed by atoms with E-state index in [0.717, 1.165) is 24.8 Å². The van der Waals surface area contributed by atoms with E-state index in [1.807, 2.05) is 4.90 Å². The summed E-state index contributed by atoms with van der Waals surface area (Å²) in [6.07, 6.45) is -0.541. The number of hydrogen-bond acceptors (Lipinski definition) is 7. The molecule has 1 saturated heterocycles. The van der Waals surface area contributed by atoms with Crippen molar-refractivity contribution >= 4 is 11.3 Å². The highest BCUT2D eigenvalue weighted by Gasteiger charge is 2.40. The van der Waals surface area contributed by atoms with Gasteiger partial charge in [0.2, 0.25) is 0 Å². The molecule has 1 aliphatic heterocycles. The number of piperidine rings is 1. The Hall–Kier alpha value is -1.32. The Morgan fingerprint density at radius 3 is 2.45 bits per heavy atom. The number of likely N-dealkylation sites (tertiary alicyclic amines) is 1. The van der Waals surface area contributed by atoms with E-state index in [4.69, 9.17) is 4.74 Å². The lowest BCUT2D eigenvalue weighted by Gasteiger charge is -2.43. The van der Waals surface area contributed by atoms with Crippen molar-refractivity contribution < 1.29 is 25.2 Å². The summed E-state index contributed by atoms with van der Waals surface area (Å²) in [5, 5.41) is 43.3. The Morgan fingerprint density at radius 1 is 0.966 bits per heavy atom. The predicted molar refractivity (Wildman–Crippen MR) is 114 cm³/mol. The second kappa shape index (κ2) is 11.2. The second-order valence-electron chi connectivity index (χ2n) is 7.62. The van der Waals surface area contributed by atoms with Crippen LogP contribution in [0, 0.1) is 0 Å². The smallest absolute Gasteiger partial charge is 0.109 e. The summed E-state index contributed by atoms with van der Waals surface area (Å²) in [5.74, 6) is 0. The van der Waals surface area contributed by atoms with Crippen LogP contribution in [0.2, 0.25) is 0 Å². The first-order valence-corrected chi connectivity index (χ1v) is 11.1. The normalized spacial score (nSPS) is 25.4. The van der Waals surface area contributed by atoms with Gasteiger partial charge in [-0.1, -0.05) is 24.3 Å². The fourth-order valence-electron chi connectivity index (χ4n) is 3.74. The molecule has 3 rings (SSSR count). The zero-order valence-corrected chi connectivity index (χ0v) is 17.4. The summed E-state index contributed by atoms with van der Waals surface area (Å²) in [5.41, 5.74) is 3.62. The Bertz CT molecular complexity index is 709. The van der Waals surface area contributed by atoms with Gasteiger partial charge in [-0.2, -0.15) is 11.3 Å². The molecular weight excluding hydrogens is 390 g/mol. The summed E-state index contributed by atoms with van der Waals surface area (Å²) in [6, 6.07) is 10.0. The van der Waals surface area contributed by atoms with E-state index < -0.39 is 24.4 Å².